The van der Waals surface area contributed by atoms with Crippen LogP contribution in [0.15, 0.2) is 42.5 Å². The van der Waals surface area contributed by atoms with Crippen molar-refractivity contribution in [2.24, 2.45) is 0 Å². The van der Waals surface area contributed by atoms with Gasteiger partial charge >= 0.3 is 0 Å². The Morgan fingerprint density at radius 2 is 1.68 bits per heavy atom. The Balaban J connectivity index is 1.63. The number of methoxy groups -OCH3 is 2. The lowest BCUT2D eigenvalue weighted by molar-refractivity contribution is 0.122. The van der Waals surface area contributed by atoms with E-state index in [0.29, 0.717) is 31.3 Å². The summed E-state index contributed by atoms with van der Waals surface area (Å²) < 4.78 is 16.2. The summed E-state index contributed by atoms with van der Waals surface area (Å²) in [6.45, 7) is 3.61. The predicted molar refractivity (Wildman–Crippen MR) is 109 cm³/mol. The molecule has 0 aliphatic carbocycles. The molecule has 1 aliphatic rings. The molecular formula is C21H24N4O3. The van der Waals surface area contributed by atoms with E-state index in [2.05, 4.69) is 10.2 Å². The molecule has 2 aromatic carbocycles. The number of aromatic nitrogens is 2. The molecule has 1 fully saturated rings. The van der Waals surface area contributed by atoms with E-state index in [9.17, 15) is 0 Å². The van der Waals surface area contributed by atoms with Gasteiger partial charge in [-0.15, -0.1) is 0 Å². The molecule has 0 bridgehead atoms. The van der Waals surface area contributed by atoms with Crippen LogP contribution in [0.2, 0.25) is 0 Å². The van der Waals surface area contributed by atoms with Gasteiger partial charge < -0.3 is 24.4 Å². The number of ether oxygens (including phenoxy) is 3. The molecule has 7 nitrogen and oxygen atoms in total. The van der Waals surface area contributed by atoms with Gasteiger partial charge in [0, 0.05) is 19.6 Å². The maximum absolute atomic E-state index is 5.49. The molecule has 1 aliphatic heterocycles. The highest BCUT2D eigenvalue weighted by atomic mass is 16.5. The third-order valence-corrected chi connectivity index (χ3v) is 4.77. The van der Waals surface area contributed by atoms with Gasteiger partial charge in [-0.25, -0.2) is 9.97 Å². The second-order valence-corrected chi connectivity index (χ2v) is 6.53. The minimum Gasteiger partial charge on any atom is -0.493 e. The van der Waals surface area contributed by atoms with Gasteiger partial charge in [0.15, 0.2) is 23.1 Å². The first kappa shape index (κ1) is 18.3. The molecule has 0 spiro atoms. The smallest absolute Gasteiger partial charge is 0.172 e. The number of anilines is 2. The fourth-order valence-corrected chi connectivity index (χ4v) is 3.28. The van der Waals surface area contributed by atoms with Crippen molar-refractivity contribution >= 4 is 22.7 Å². The van der Waals surface area contributed by atoms with Gasteiger partial charge in [-0.2, -0.15) is 0 Å². The van der Waals surface area contributed by atoms with Crippen LogP contribution in [-0.2, 0) is 11.3 Å². The number of para-hydroxylation sites is 2. The lowest BCUT2D eigenvalue weighted by Crippen LogP contribution is -2.37. The van der Waals surface area contributed by atoms with Gasteiger partial charge in [-0.05, 0) is 29.8 Å². The van der Waals surface area contributed by atoms with Gasteiger partial charge in [-0.3, -0.25) is 0 Å². The molecule has 0 saturated carbocycles. The Hall–Kier alpha value is -3.06. The number of hydrogen-bond donors (Lipinski definition) is 1. The van der Waals surface area contributed by atoms with Gasteiger partial charge in [-0.1, -0.05) is 18.2 Å². The Morgan fingerprint density at radius 3 is 2.39 bits per heavy atom. The summed E-state index contributed by atoms with van der Waals surface area (Å²) in [5, 5.41) is 3.46. The molecule has 0 atom stereocenters. The lowest BCUT2D eigenvalue weighted by atomic mass is 10.2. The Bertz CT molecular complexity index is 958. The van der Waals surface area contributed by atoms with Crippen molar-refractivity contribution in [1.29, 1.82) is 0 Å². The molecule has 4 rings (SSSR count). The zero-order valence-electron chi connectivity index (χ0n) is 16.1. The number of nitrogens with one attached hydrogen (secondary N) is 1. The van der Waals surface area contributed by atoms with Crippen LogP contribution in [0, 0.1) is 0 Å². The van der Waals surface area contributed by atoms with Crippen molar-refractivity contribution in [1.82, 2.24) is 9.97 Å². The van der Waals surface area contributed by atoms with Crippen LogP contribution in [0.25, 0.3) is 11.0 Å². The maximum atomic E-state index is 5.49. The summed E-state index contributed by atoms with van der Waals surface area (Å²) in [4.78, 5) is 11.9. The van der Waals surface area contributed by atoms with Crippen molar-refractivity contribution in [3.05, 3.63) is 48.0 Å². The topological polar surface area (TPSA) is 68.7 Å². The summed E-state index contributed by atoms with van der Waals surface area (Å²) in [5.41, 5.74) is 2.83. The fraction of sp³-hybridized carbons (Fsp3) is 0.333. The number of rotatable bonds is 6. The normalized spacial score (nSPS) is 14.1. The summed E-state index contributed by atoms with van der Waals surface area (Å²) >= 11 is 0. The van der Waals surface area contributed by atoms with Gasteiger partial charge in [0.05, 0.1) is 38.5 Å². The van der Waals surface area contributed by atoms with Crippen molar-refractivity contribution in [2.45, 2.75) is 6.54 Å². The Labute approximate surface area is 164 Å². The molecule has 7 heteroatoms. The number of hydrogen-bond acceptors (Lipinski definition) is 7. The van der Waals surface area contributed by atoms with Crippen molar-refractivity contribution in [3.63, 3.8) is 0 Å². The van der Waals surface area contributed by atoms with E-state index < -0.39 is 0 Å². The number of morpholine rings is 1. The molecule has 28 heavy (non-hydrogen) atoms. The molecule has 1 N–H and O–H groups in total. The second kappa shape index (κ2) is 8.31. The van der Waals surface area contributed by atoms with Crippen molar-refractivity contribution in [2.75, 3.05) is 50.7 Å². The largest absolute Gasteiger partial charge is 0.493 e. The third kappa shape index (κ3) is 3.80. The molecule has 3 aromatic rings. The van der Waals surface area contributed by atoms with Crippen LogP contribution in [-0.4, -0.2) is 50.5 Å². The van der Waals surface area contributed by atoms with Gasteiger partial charge in [0.25, 0.3) is 0 Å². The van der Waals surface area contributed by atoms with E-state index >= 15 is 0 Å². The van der Waals surface area contributed by atoms with Crippen LogP contribution in [0.5, 0.6) is 11.5 Å². The SMILES string of the molecule is COc1ccc(CNc2nc3ccccc3nc2N2CCOCC2)cc1OC. The zero-order chi connectivity index (χ0) is 19.3. The summed E-state index contributed by atoms with van der Waals surface area (Å²) in [6.07, 6.45) is 0. The molecular weight excluding hydrogens is 356 g/mol. The highest BCUT2D eigenvalue weighted by Gasteiger charge is 2.18. The first-order valence-electron chi connectivity index (χ1n) is 9.33. The summed E-state index contributed by atoms with van der Waals surface area (Å²) in [7, 11) is 3.27. The van der Waals surface area contributed by atoms with E-state index in [1.165, 1.54) is 0 Å². The summed E-state index contributed by atoms with van der Waals surface area (Å²) in [6, 6.07) is 13.8. The van der Waals surface area contributed by atoms with E-state index in [0.717, 1.165) is 41.3 Å². The van der Waals surface area contributed by atoms with E-state index in [-0.39, 0.29) is 0 Å². The molecule has 0 amide bonds. The first-order chi connectivity index (χ1) is 13.8. The molecule has 1 aromatic heterocycles. The van der Waals surface area contributed by atoms with E-state index in [1.54, 1.807) is 14.2 Å². The van der Waals surface area contributed by atoms with Gasteiger partial charge in [0.1, 0.15) is 0 Å². The number of nitrogens with zero attached hydrogens (tertiary/aromatic N) is 3. The number of fused-ring (bicyclic) bond motifs is 1. The van der Waals surface area contributed by atoms with Crippen LogP contribution < -0.4 is 19.7 Å². The lowest BCUT2D eigenvalue weighted by Gasteiger charge is -2.29. The minimum atomic E-state index is 0.602. The molecule has 2 heterocycles. The van der Waals surface area contributed by atoms with Gasteiger partial charge in [0.2, 0.25) is 0 Å². The second-order valence-electron chi connectivity index (χ2n) is 6.53. The van der Waals surface area contributed by atoms with E-state index in [1.807, 2.05) is 42.5 Å². The van der Waals surface area contributed by atoms with Crippen LogP contribution in [0.3, 0.4) is 0 Å². The molecule has 0 radical (unpaired) electrons. The fourth-order valence-electron chi connectivity index (χ4n) is 3.28. The average Bonchev–Trinajstić information content (AvgIpc) is 2.77. The number of benzene rings is 2. The molecule has 1 saturated heterocycles. The predicted octanol–water partition coefficient (Wildman–Crippen LogP) is 3.10. The maximum Gasteiger partial charge on any atom is 0.172 e. The third-order valence-electron chi connectivity index (χ3n) is 4.77. The monoisotopic (exact) mass is 380 g/mol. The first-order valence-corrected chi connectivity index (χ1v) is 9.33. The molecule has 146 valence electrons. The van der Waals surface area contributed by atoms with Crippen molar-refractivity contribution < 1.29 is 14.2 Å². The standard InChI is InChI=1S/C21H24N4O3/c1-26-18-8-7-15(13-19(18)27-2)14-22-20-21(25-9-11-28-12-10-25)24-17-6-4-3-5-16(17)23-20/h3-8,13H,9-12,14H2,1-2H3,(H,22,23). The molecule has 0 unspecified atom stereocenters. The van der Waals surface area contributed by atoms with Crippen LogP contribution in [0.4, 0.5) is 11.6 Å². The van der Waals surface area contributed by atoms with Crippen LogP contribution >= 0.6 is 0 Å². The zero-order valence-corrected chi connectivity index (χ0v) is 16.1. The summed E-state index contributed by atoms with van der Waals surface area (Å²) in [5.74, 6) is 3.06. The van der Waals surface area contributed by atoms with Crippen LogP contribution in [0.1, 0.15) is 5.56 Å². The van der Waals surface area contributed by atoms with Crippen molar-refractivity contribution in [3.8, 4) is 11.5 Å². The average molecular weight is 380 g/mol. The quantitative estimate of drug-likeness (QED) is 0.705. The Morgan fingerprint density at radius 1 is 0.964 bits per heavy atom. The highest BCUT2D eigenvalue weighted by Crippen LogP contribution is 2.29. The minimum absolute atomic E-state index is 0.602. The highest BCUT2D eigenvalue weighted by molar-refractivity contribution is 5.80. The van der Waals surface area contributed by atoms with E-state index in [4.69, 9.17) is 24.2 Å². The Kier molecular flexibility index (Phi) is 5.43.